The molecule has 0 bridgehead atoms. The summed E-state index contributed by atoms with van der Waals surface area (Å²) in [5.74, 6) is 1.65. The molecule has 0 aliphatic rings. The average Bonchev–Trinajstić information content (AvgIpc) is 2.38. The molecule has 17 heavy (non-hydrogen) atoms. The molecule has 0 spiro atoms. The molecule has 4 heteroatoms. The fraction of sp³-hybridized carbons (Fsp3) is 0.231. The zero-order valence-corrected chi connectivity index (χ0v) is 10.2. The lowest BCUT2D eigenvalue weighted by molar-refractivity contribution is 0.412. The molecule has 1 heterocycles. The van der Waals surface area contributed by atoms with Gasteiger partial charge in [0.25, 0.3) is 0 Å². The molecule has 0 unspecified atom stereocenters. The molecule has 0 saturated heterocycles. The van der Waals surface area contributed by atoms with Crippen LogP contribution < -0.4 is 10.1 Å². The Morgan fingerprint density at radius 2 is 1.94 bits per heavy atom. The number of methoxy groups -OCH3 is 1. The van der Waals surface area contributed by atoms with Crippen molar-refractivity contribution in [2.24, 2.45) is 0 Å². The number of hydrogen-bond donors (Lipinski definition) is 1. The minimum absolute atomic E-state index is 0.775. The van der Waals surface area contributed by atoms with Gasteiger partial charge in [-0.3, -0.25) is 4.98 Å². The van der Waals surface area contributed by atoms with E-state index in [-0.39, 0.29) is 0 Å². The first-order valence-electron chi connectivity index (χ1n) is 5.40. The summed E-state index contributed by atoms with van der Waals surface area (Å²) in [4.78, 5) is 8.59. The Balaban J connectivity index is 2.49. The fourth-order valence-electron chi connectivity index (χ4n) is 1.76. The van der Waals surface area contributed by atoms with Gasteiger partial charge in [-0.2, -0.15) is 0 Å². The zero-order valence-electron chi connectivity index (χ0n) is 10.2. The molecule has 0 saturated carbocycles. The zero-order chi connectivity index (χ0) is 12.3. The predicted octanol–water partition coefficient (Wildman–Crippen LogP) is 2.50. The Kier molecular flexibility index (Phi) is 3.23. The maximum Gasteiger partial charge on any atom is 0.152 e. The van der Waals surface area contributed by atoms with Crippen LogP contribution in [-0.4, -0.2) is 24.1 Å². The normalized spacial score (nSPS) is 10.1. The van der Waals surface area contributed by atoms with E-state index in [1.165, 1.54) is 0 Å². The molecular weight excluding hydrogens is 214 g/mol. The summed E-state index contributed by atoms with van der Waals surface area (Å²) in [6.45, 7) is 2.01. The van der Waals surface area contributed by atoms with Gasteiger partial charge in [0.15, 0.2) is 5.82 Å². The van der Waals surface area contributed by atoms with Crippen LogP contribution in [0.25, 0.3) is 11.3 Å². The van der Waals surface area contributed by atoms with Crippen molar-refractivity contribution < 1.29 is 4.74 Å². The first-order valence-corrected chi connectivity index (χ1v) is 5.40. The summed E-state index contributed by atoms with van der Waals surface area (Å²) in [6.07, 6.45) is 3.36. The van der Waals surface area contributed by atoms with Gasteiger partial charge in [-0.25, -0.2) is 4.98 Å². The van der Waals surface area contributed by atoms with Gasteiger partial charge in [-0.15, -0.1) is 0 Å². The van der Waals surface area contributed by atoms with Gasteiger partial charge < -0.3 is 10.1 Å². The van der Waals surface area contributed by atoms with Gasteiger partial charge in [0, 0.05) is 25.0 Å². The molecule has 0 aliphatic heterocycles. The molecule has 0 atom stereocenters. The van der Waals surface area contributed by atoms with Gasteiger partial charge >= 0.3 is 0 Å². The molecule has 0 radical (unpaired) electrons. The molecule has 0 aliphatic carbocycles. The van der Waals surface area contributed by atoms with E-state index in [0.717, 1.165) is 28.4 Å². The van der Waals surface area contributed by atoms with Crippen molar-refractivity contribution in [2.45, 2.75) is 6.92 Å². The Bertz CT molecular complexity index is 526. The maximum absolute atomic E-state index is 5.24. The number of rotatable bonds is 3. The molecule has 0 amide bonds. The van der Waals surface area contributed by atoms with Crippen molar-refractivity contribution >= 4 is 5.82 Å². The molecular formula is C13H15N3O. The molecule has 2 aromatic rings. The van der Waals surface area contributed by atoms with E-state index in [4.69, 9.17) is 4.74 Å². The first-order chi connectivity index (χ1) is 8.26. The van der Waals surface area contributed by atoms with Gasteiger partial charge in [0.2, 0.25) is 0 Å². The van der Waals surface area contributed by atoms with E-state index in [2.05, 4.69) is 15.3 Å². The largest absolute Gasteiger partial charge is 0.496 e. The molecule has 1 aromatic carbocycles. The minimum atomic E-state index is 0.775. The average molecular weight is 229 g/mol. The number of ether oxygens (including phenoxy) is 1. The first kappa shape index (κ1) is 11.4. The third-order valence-corrected chi connectivity index (χ3v) is 2.60. The smallest absolute Gasteiger partial charge is 0.152 e. The number of nitrogens with zero attached hydrogens (tertiary/aromatic N) is 2. The Morgan fingerprint density at radius 3 is 2.59 bits per heavy atom. The Morgan fingerprint density at radius 1 is 1.18 bits per heavy atom. The Labute approximate surface area is 101 Å². The van der Waals surface area contributed by atoms with Gasteiger partial charge in [0.05, 0.1) is 7.11 Å². The van der Waals surface area contributed by atoms with E-state index < -0.39 is 0 Å². The van der Waals surface area contributed by atoms with Crippen LogP contribution in [0, 0.1) is 6.92 Å². The van der Waals surface area contributed by atoms with Crippen LogP contribution >= 0.6 is 0 Å². The third-order valence-electron chi connectivity index (χ3n) is 2.60. The number of anilines is 1. The highest BCUT2D eigenvalue weighted by atomic mass is 16.5. The van der Waals surface area contributed by atoms with E-state index >= 15 is 0 Å². The van der Waals surface area contributed by atoms with Crippen LogP contribution in [-0.2, 0) is 0 Å². The fourth-order valence-corrected chi connectivity index (χ4v) is 1.76. The lowest BCUT2D eigenvalue weighted by Crippen LogP contribution is -1.97. The van der Waals surface area contributed by atoms with E-state index in [1.54, 1.807) is 19.5 Å². The summed E-state index contributed by atoms with van der Waals surface area (Å²) < 4.78 is 5.24. The number of hydrogen-bond acceptors (Lipinski definition) is 4. The van der Waals surface area contributed by atoms with Crippen LogP contribution in [0.2, 0.25) is 0 Å². The van der Waals surface area contributed by atoms with Crippen LogP contribution in [0.15, 0.2) is 30.6 Å². The lowest BCUT2D eigenvalue weighted by atomic mass is 10.1. The second kappa shape index (κ2) is 4.82. The second-order valence-corrected chi connectivity index (χ2v) is 3.69. The van der Waals surface area contributed by atoms with E-state index in [1.807, 2.05) is 32.2 Å². The SMILES string of the molecule is CNc1nccnc1-c1ccc(OC)c(C)c1. The molecule has 2 rings (SSSR count). The molecule has 4 nitrogen and oxygen atoms in total. The molecule has 0 fully saturated rings. The van der Waals surface area contributed by atoms with Crippen molar-refractivity contribution in [3.05, 3.63) is 36.2 Å². The number of aryl methyl sites for hydroxylation is 1. The molecule has 1 aromatic heterocycles. The Hall–Kier alpha value is -2.10. The minimum Gasteiger partial charge on any atom is -0.496 e. The van der Waals surface area contributed by atoms with Gasteiger partial charge in [0.1, 0.15) is 11.4 Å². The summed E-state index contributed by atoms with van der Waals surface area (Å²) >= 11 is 0. The van der Waals surface area contributed by atoms with Crippen LogP contribution in [0.3, 0.4) is 0 Å². The summed E-state index contributed by atoms with van der Waals surface area (Å²) in [7, 11) is 3.51. The topological polar surface area (TPSA) is 47.0 Å². The van der Waals surface area contributed by atoms with E-state index in [9.17, 15) is 0 Å². The quantitative estimate of drug-likeness (QED) is 0.878. The summed E-state index contributed by atoms with van der Waals surface area (Å²) in [5.41, 5.74) is 2.96. The highest BCUT2D eigenvalue weighted by Crippen LogP contribution is 2.27. The van der Waals surface area contributed by atoms with Crippen molar-refractivity contribution in [3.63, 3.8) is 0 Å². The summed E-state index contributed by atoms with van der Waals surface area (Å²) in [5, 5.41) is 3.04. The van der Waals surface area contributed by atoms with Crippen molar-refractivity contribution in [3.8, 4) is 17.0 Å². The highest BCUT2D eigenvalue weighted by molar-refractivity contribution is 5.72. The summed E-state index contributed by atoms with van der Waals surface area (Å²) in [6, 6.07) is 5.97. The second-order valence-electron chi connectivity index (χ2n) is 3.69. The predicted molar refractivity (Wildman–Crippen MR) is 68.3 cm³/mol. The monoisotopic (exact) mass is 229 g/mol. The van der Waals surface area contributed by atoms with Crippen LogP contribution in [0.4, 0.5) is 5.82 Å². The van der Waals surface area contributed by atoms with Crippen molar-refractivity contribution in [1.82, 2.24) is 9.97 Å². The molecule has 88 valence electrons. The van der Waals surface area contributed by atoms with E-state index in [0.29, 0.717) is 0 Å². The van der Waals surface area contributed by atoms with Crippen LogP contribution in [0.1, 0.15) is 5.56 Å². The third kappa shape index (κ3) is 2.20. The molecule has 1 N–H and O–H groups in total. The highest BCUT2D eigenvalue weighted by Gasteiger charge is 2.08. The maximum atomic E-state index is 5.24. The lowest BCUT2D eigenvalue weighted by Gasteiger charge is -2.09. The van der Waals surface area contributed by atoms with Crippen molar-refractivity contribution in [1.29, 1.82) is 0 Å². The number of aromatic nitrogens is 2. The number of benzene rings is 1. The van der Waals surface area contributed by atoms with Gasteiger partial charge in [-0.05, 0) is 30.7 Å². The van der Waals surface area contributed by atoms with Gasteiger partial charge in [-0.1, -0.05) is 0 Å². The standard InChI is InChI=1S/C13H15N3O/c1-9-8-10(4-5-11(9)17-3)12-13(14-2)16-7-6-15-12/h4-8H,1-3H3,(H,14,16). The van der Waals surface area contributed by atoms with Crippen molar-refractivity contribution in [2.75, 3.05) is 19.5 Å². The van der Waals surface area contributed by atoms with Crippen LogP contribution in [0.5, 0.6) is 5.75 Å². The number of nitrogens with one attached hydrogen (secondary N) is 1.